The molecule has 136 valence electrons. The first-order valence-corrected chi connectivity index (χ1v) is 9.13. The van der Waals surface area contributed by atoms with Gasteiger partial charge in [0.15, 0.2) is 0 Å². The van der Waals surface area contributed by atoms with E-state index in [4.69, 9.17) is 9.84 Å². The quantitative estimate of drug-likeness (QED) is 0.859. The number of carbonyl (C=O) groups excluding carboxylic acids is 1. The fourth-order valence-corrected chi connectivity index (χ4v) is 3.54. The van der Waals surface area contributed by atoms with Gasteiger partial charge in [0.2, 0.25) is 0 Å². The number of carboxylic acid groups (broad SMARTS) is 1. The van der Waals surface area contributed by atoms with Gasteiger partial charge in [-0.2, -0.15) is 0 Å². The average Bonchev–Trinajstić information content (AvgIpc) is 3.14. The lowest BCUT2D eigenvalue weighted by atomic mass is 9.99. The molecule has 0 radical (unpaired) electrons. The third-order valence-corrected chi connectivity index (χ3v) is 5.03. The Labute approximate surface area is 148 Å². The van der Waals surface area contributed by atoms with Gasteiger partial charge in [-0.1, -0.05) is 12.1 Å². The van der Waals surface area contributed by atoms with Gasteiger partial charge in [-0.05, 0) is 56.2 Å². The van der Waals surface area contributed by atoms with E-state index in [1.54, 1.807) is 4.90 Å². The summed E-state index contributed by atoms with van der Waals surface area (Å²) in [5, 5.41) is 12.0. The number of aliphatic carboxylic acids is 1. The van der Waals surface area contributed by atoms with Gasteiger partial charge in [-0.15, -0.1) is 0 Å². The standard InChI is InChI=1S/C19H26N2O4/c22-18(23)15-4-3-11-21(13-15)19(24)20-12-14-7-9-17(10-8-14)25-16-5-1-2-6-16/h7-10,15-16H,1-6,11-13H2,(H,20,24)(H,22,23). The van der Waals surface area contributed by atoms with Crippen LogP contribution < -0.4 is 10.1 Å². The molecule has 3 rings (SSSR count). The molecule has 2 amide bonds. The molecule has 1 saturated carbocycles. The topological polar surface area (TPSA) is 78.9 Å². The molecule has 0 bridgehead atoms. The highest BCUT2D eigenvalue weighted by atomic mass is 16.5. The van der Waals surface area contributed by atoms with E-state index in [0.29, 0.717) is 25.6 Å². The van der Waals surface area contributed by atoms with Crippen molar-refractivity contribution in [3.8, 4) is 5.75 Å². The lowest BCUT2D eigenvalue weighted by molar-refractivity contribution is -0.143. The number of urea groups is 1. The van der Waals surface area contributed by atoms with Gasteiger partial charge in [0.25, 0.3) is 0 Å². The van der Waals surface area contributed by atoms with E-state index < -0.39 is 11.9 Å². The van der Waals surface area contributed by atoms with E-state index >= 15 is 0 Å². The fraction of sp³-hybridized carbons (Fsp3) is 0.579. The predicted octanol–water partition coefficient (Wildman–Crippen LogP) is 3.01. The van der Waals surface area contributed by atoms with Crippen LogP contribution in [0.4, 0.5) is 4.79 Å². The second-order valence-corrected chi connectivity index (χ2v) is 6.95. The summed E-state index contributed by atoms with van der Waals surface area (Å²) < 4.78 is 5.93. The van der Waals surface area contributed by atoms with Crippen molar-refractivity contribution in [3.63, 3.8) is 0 Å². The van der Waals surface area contributed by atoms with Crippen LogP contribution >= 0.6 is 0 Å². The number of hydrogen-bond donors (Lipinski definition) is 2. The molecule has 25 heavy (non-hydrogen) atoms. The molecular formula is C19H26N2O4. The number of likely N-dealkylation sites (tertiary alicyclic amines) is 1. The van der Waals surface area contributed by atoms with Crippen LogP contribution in [0.5, 0.6) is 5.75 Å². The van der Waals surface area contributed by atoms with Crippen molar-refractivity contribution in [3.05, 3.63) is 29.8 Å². The first-order chi connectivity index (χ1) is 12.1. The molecule has 1 aliphatic carbocycles. The van der Waals surface area contributed by atoms with Gasteiger partial charge in [-0.25, -0.2) is 4.79 Å². The Balaban J connectivity index is 1.46. The summed E-state index contributed by atoms with van der Waals surface area (Å²) in [6, 6.07) is 7.61. The zero-order valence-corrected chi connectivity index (χ0v) is 14.4. The molecule has 1 aliphatic heterocycles. The van der Waals surface area contributed by atoms with E-state index in [9.17, 15) is 9.59 Å². The van der Waals surface area contributed by atoms with Gasteiger partial charge in [0, 0.05) is 19.6 Å². The van der Waals surface area contributed by atoms with Crippen molar-refractivity contribution in [2.75, 3.05) is 13.1 Å². The monoisotopic (exact) mass is 346 g/mol. The summed E-state index contributed by atoms with van der Waals surface area (Å²) in [5.41, 5.74) is 0.999. The second kappa shape index (κ2) is 8.23. The van der Waals surface area contributed by atoms with E-state index in [0.717, 1.165) is 30.6 Å². The Morgan fingerprint density at radius 2 is 1.84 bits per heavy atom. The number of nitrogens with zero attached hydrogens (tertiary/aromatic N) is 1. The number of carboxylic acids is 1. The number of ether oxygens (including phenoxy) is 1. The predicted molar refractivity (Wildman–Crippen MR) is 93.5 cm³/mol. The molecule has 0 spiro atoms. The molecule has 2 fully saturated rings. The van der Waals surface area contributed by atoms with Crippen LogP contribution in [0.15, 0.2) is 24.3 Å². The van der Waals surface area contributed by atoms with Gasteiger partial charge in [0.05, 0.1) is 12.0 Å². The summed E-state index contributed by atoms with van der Waals surface area (Å²) in [6.45, 7) is 1.33. The minimum atomic E-state index is -0.824. The van der Waals surface area contributed by atoms with E-state index in [1.807, 2.05) is 24.3 Å². The first kappa shape index (κ1) is 17.6. The van der Waals surface area contributed by atoms with E-state index in [2.05, 4.69) is 5.32 Å². The SMILES string of the molecule is O=C(O)C1CCCN(C(=O)NCc2ccc(OC3CCCC3)cc2)C1. The lowest BCUT2D eigenvalue weighted by Gasteiger charge is -2.30. The molecule has 1 saturated heterocycles. The normalized spacial score (nSPS) is 21.1. The van der Waals surface area contributed by atoms with Crippen molar-refractivity contribution < 1.29 is 19.4 Å². The number of piperidine rings is 1. The number of nitrogens with one attached hydrogen (secondary N) is 1. The summed E-state index contributed by atoms with van der Waals surface area (Å²) in [6.07, 6.45) is 6.46. The molecule has 1 aromatic rings. The smallest absolute Gasteiger partial charge is 0.317 e. The van der Waals surface area contributed by atoms with Gasteiger partial charge < -0.3 is 20.1 Å². The molecule has 6 nitrogen and oxygen atoms in total. The highest BCUT2D eigenvalue weighted by Crippen LogP contribution is 2.24. The van der Waals surface area contributed by atoms with Gasteiger partial charge in [-0.3, -0.25) is 4.79 Å². The minimum absolute atomic E-state index is 0.197. The summed E-state index contributed by atoms with van der Waals surface area (Å²) in [7, 11) is 0. The second-order valence-electron chi connectivity index (χ2n) is 6.95. The van der Waals surface area contributed by atoms with Crippen LogP contribution in [0.25, 0.3) is 0 Å². The van der Waals surface area contributed by atoms with Crippen molar-refractivity contribution in [2.24, 2.45) is 5.92 Å². The van der Waals surface area contributed by atoms with Crippen LogP contribution in [0.1, 0.15) is 44.1 Å². The van der Waals surface area contributed by atoms with E-state index in [-0.39, 0.29) is 12.6 Å². The Bertz CT molecular complexity index is 596. The van der Waals surface area contributed by atoms with Crippen LogP contribution in [0.2, 0.25) is 0 Å². The molecule has 1 heterocycles. The molecule has 1 atom stereocenters. The molecule has 0 aromatic heterocycles. The maximum absolute atomic E-state index is 12.2. The lowest BCUT2D eigenvalue weighted by Crippen LogP contribution is -2.46. The maximum atomic E-state index is 12.2. The van der Waals surface area contributed by atoms with E-state index in [1.165, 1.54) is 12.8 Å². The molecule has 2 N–H and O–H groups in total. The number of benzene rings is 1. The van der Waals surface area contributed by atoms with Gasteiger partial charge >= 0.3 is 12.0 Å². The highest BCUT2D eigenvalue weighted by molar-refractivity contribution is 5.76. The number of carbonyl (C=O) groups is 2. The average molecular weight is 346 g/mol. The van der Waals surface area contributed by atoms with Crippen LogP contribution in [0, 0.1) is 5.92 Å². The molecule has 1 aromatic carbocycles. The molecular weight excluding hydrogens is 320 g/mol. The highest BCUT2D eigenvalue weighted by Gasteiger charge is 2.27. The summed E-state index contributed by atoms with van der Waals surface area (Å²) in [4.78, 5) is 24.9. The maximum Gasteiger partial charge on any atom is 0.317 e. The van der Waals surface area contributed by atoms with Crippen molar-refractivity contribution in [2.45, 2.75) is 51.2 Å². The minimum Gasteiger partial charge on any atom is -0.490 e. The Morgan fingerprint density at radius 1 is 1.12 bits per heavy atom. The van der Waals surface area contributed by atoms with Crippen molar-refractivity contribution in [1.29, 1.82) is 0 Å². The Kier molecular flexibility index (Phi) is 5.79. The van der Waals surface area contributed by atoms with Crippen molar-refractivity contribution in [1.82, 2.24) is 10.2 Å². The summed E-state index contributed by atoms with van der Waals surface area (Å²) in [5.74, 6) is -0.399. The first-order valence-electron chi connectivity index (χ1n) is 9.13. The number of amides is 2. The van der Waals surface area contributed by atoms with Gasteiger partial charge in [0.1, 0.15) is 5.75 Å². The molecule has 1 unspecified atom stereocenters. The third-order valence-electron chi connectivity index (χ3n) is 5.03. The molecule has 6 heteroatoms. The zero-order chi connectivity index (χ0) is 17.6. The largest absolute Gasteiger partial charge is 0.490 e. The third kappa shape index (κ3) is 4.87. The molecule has 2 aliphatic rings. The van der Waals surface area contributed by atoms with Crippen LogP contribution in [0.3, 0.4) is 0 Å². The zero-order valence-electron chi connectivity index (χ0n) is 14.4. The number of hydrogen-bond acceptors (Lipinski definition) is 3. The summed E-state index contributed by atoms with van der Waals surface area (Å²) >= 11 is 0. The fourth-order valence-electron chi connectivity index (χ4n) is 3.54. The Morgan fingerprint density at radius 3 is 2.52 bits per heavy atom. The number of rotatable bonds is 5. The van der Waals surface area contributed by atoms with Crippen molar-refractivity contribution >= 4 is 12.0 Å². The Hall–Kier alpha value is -2.24. The van der Waals surface area contributed by atoms with Crippen LogP contribution in [-0.4, -0.2) is 41.2 Å². The van der Waals surface area contributed by atoms with Crippen LogP contribution in [-0.2, 0) is 11.3 Å².